The number of hydrogen-bond donors (Lipinski definition) is 0. The second-order valence-corrected chi connectivity index (χ2v) is 10.5. The molecule has 0 N–H and O–H groups in total. The Morgan fingerprint density at radius 3 is 2.36 bits per heavy atom. The van der Waals surface area contributed by atoms with Crippen LogP contribution in [0.2, 0.25) is 0 Å². The summed E-state index contributed by atoms with van der Waals surface area (Å²) in [6, 6.07) is 10.1. The van der Waals surface area contributed by atoms with E-state index in [0.29, 0.717) is 12.5 Å². The lowest BCUT2D eigenvalue weighted by molar-refractivity contribution is -0.487. The summed E-state index contributed by atoms with van der Waals surface area (Å²) >= 11 is 0. The van der Waals surface area contributed by atoms with E-state index in [0.717, 1.165) is 48.2 Å². The van der Waals surface area contributed by atoms with Gasteiger partial charge in [0.2, 0.25) is 5.69 Å². The highest BCUT2D eigenvalue weighted by atomic mass is 16.2. The average Bonchev–Trinajstić information content (AvgIpc) is 3.58. The molecule has 1 atom stereocenters. The Labute approximate surface area is 237 Å². The molecule has 0 aromatic heterocycles. The highest BCUT2D eigenvalue weighted by Gasteiger charge is 2.49. The molecular formula is C35H48N3O+. The minimum absolute atomic E-state index is 0.0526. The van der Waals surface area contributed by atoms with Gasteiger partial charge in [-0.2, -0.15) is 0 Å². The first kappa shape index (κ1) is 30.5. The number of allylic oxidation sites excluding steroid dienone is 8. The molecular weight excluding hydrogens is 478 g/mol. The maximum atomic E-state index is 13.7. The zero-order valence-electron chi connectivity index (χ0n) is 25.4. The Morgan fingerprint density at radius 1 is 1.05 bits per heavy atom. The molecule has 4 nitrogen and oxygen atoms in total. The van der Waals surface area contributed by atoms with E-state index in [9.17, 15) is 4.79 Å². The van der Waals surface area contributed by atoms with E-state index in [1.165, 1.54) is 29.2 Å². The molecule has 2 radical (unpaired) electrons. The molecule has 0 saturated carbocycles. The van der Waals surface area contributed by atoms with Crippen LogP contribution in [0.25, 0.3) is 0 Å². The van der Waals surface area contributed by atoms with Crippen LogP contribution in [0.3, 0.4) is 0 Å². The number of amides is 1. The molecule has 208 valence electrons. The molecule has 1 fully saturated rings. The van der Waals surface area contributed by atoms with Crippen molar-refractivity contribution < 1.29 is 9.49 Å². The lowest BCUT2D eigenvalue weighted by atomic mass is 9.86. The van der Waals surface area contributed by atoms with E-state index in [2.05, 4.69) is 93.6 Å². The zero-order chi connectivity index (χ0) is 28.5. The Bertz CT molecular complexity index is 1190. The Morgan fingerprint density at radius 2 is 1.74 bits per heavy atom. The summed E-state index contributed by atoms with van der Waals surface area (Å²) in [6.07, 6.45) is 17.2. The largest absolute Gasteiger partial charge is 0.332 e. The highest BCUT2D eigenvalue weighted by molar-refractivity contribution is 5.98. The minimum atomic E-state index is 0.0526. The van der Waals surface area contributed by atoms with Crippen molar-refractivity contribution in [3.05, 3.63) is 101 Å². The smallest absolute Gasteiger partial charge is 0.291 e. The number of carbonyl (C=O) groups excluding carboxylic acids is 1. The van der Waals surface area contributed by atoms with E-state index < -0.39 is 0 Å². The Hall–Kier alpha value is -3.01. The number of fused-ring (bicyclic) bond motifs is 2. The van der Waals surface area contributed by atoms with E-state index in [1.807, 2.05) is 32.4 Å². The van der Waals surface area contributed by atoms with Crippen molar-refractivity contribution >= 4 is 11.6 Å². The first-order chi connectivity index (χ1) is 18.9. The van der Waals surface area contributed by atoms with Crippen LogP contribution in [-0.2, 0) is 4.79 Å². The van der Waals surface area contributed by atoms with Crippen LogP contribution in [0.5, 0.6) is 0 Å². The minimum Gasteiger partial charge on any atom is -0.332 e. The lowest BCUT2D eigenvalue weighted by Gasteiger charge is -2.37. The van der Waals surface area contributed by atoms with Crippen molar-refractivity contribution in [2.45, 2.75) is 99.5 Å². The van der Waals surface area contributed by atoms with Crippen LogP contribution in [0, 0.1) is 12.5 Å². The van der Waals surface area contributed by atoms with Crippen LogP contribution < -0.4 is 0 Å². The van der Waals surface area contributed by atoms with Gasteiger partial charge in [0.05, 0.1) is 11.6 Å². The van der Waals surface area contributed by atoms with Gasteiger partial charge < -0.3 is 4.90 Å². The van der Waals surface area contributed by atoms with Crippen LogP contribution in [0.4, 0.5) is 5.69 Å². The number of nitrogens with zero attached hydrogens (tertiary/aromatic N) is 3. The highest BCUT2D eigenvalue weighted by Crippen LogP contribution is 2.44. The van der Waals surface area contributed by atoms with Crippen molar-refractivity contribution in [2.75, 3.05) is 6.54 Å². The molecule has 1 aromatic carbocycles. The third kappa shape index (κ3) is 6.59. The summed E-state index contributed by atoms with van der Waals surface area (Å²) in [4.78, 5) is 15.8. The van der Waals surface area contributed by atoms with Crippen LogP contribution in [0.15, 0.2) is 87.7 Å². The summed E-state index contributed by atoms with van der Waals surface area (Å²) < 4.78 is 2.14. The molecule has 0 bridgehead atoms. The molecule has 1 aromatic rings. The number of likely N-dealkylation sites (tertiary alicyclic amines) is 1. The maximum absolute atomic E-state index is 13.7. The summed E-state index contributed by atoms with van der Waals surface area (Å²) in [7, 11) is 0. The van der Waals surface area contributed by atoms with E-state index in [-0.39, 0.29) is 11.9 Å². The van der Waals surface area contributed by atoms with Gasteiger partial charge in [-0.15, -0.1) is 0 Å². The normalized spacial score (nSPS) is 19.7. The van der Waals surface area contributed by atoms with Gasteiger partial charge in [-0.25, -0.2) is 0 Å². The number of hydrogen-bond acceptors (Lipinski definition) is 2. The molecule has 1 amide bonds. The second kappa shape index (κ2) is 14.4. The number of rotatable bonds is 6. The summed E-state index contributed by atoms with van der Waals surface area (Å²) in [5.41, 5.74) is 7.94. The van der Waals surface area contributed by atoms with Crippen molar-refractivity contribution in [1.29, 1.82) is 0 Å². The molecule has 2 aliphatic heterocycles. The van der Waals surface area contributed by atoms with E-state index in [1.54, 1.807) is 0 Å². The zero-order valence-corrected chi connectivity index (χ0v) is 25.4. The number of azo groups is 2. The number of benzene rings is 1. The monoisotopic (exact) mass is 526 g/mol. The Kier molecular flexibility index (Phi) is 11.3. The van der Waals surface area contributed by atoms with Crippen LogP contribution >= 0.6 is 0 Å². The molecule has 1 saturated heterocycles. The average molecular weight is 527 g/mol. The quantitative estimate of drug-likeness (QED) is 0.340. The van der Waals surface area contributed by atoms with Gasteiger partial charge in [-0.05, 0) is 46.7 Å². The fourth-order valence-electron chi connectivity index (χ4n) is 5.41. The Balaban J connectivity index is 0.000000787. The summed E-state index contributed by atoms with van der Waals surface area (Å²) in [5, 5.41) is 5.10. The lowest BCUT2D eigenvalue weighted by Crippen LogP contribution is -2.48. The third-order valence-electron chi connectivity index (χ3n) is 7.22. The first-order valence-electron chi connectivity index (χ1n) is 15.1. The van der Waals surface area contributed by atoms with Gasteiger partial charge in [0.1, 0.15) is 5.70 Å². The molecule has 4 aliphatic rings. The van der Waals surface area contributed by atoms with Crippen molar-refractivity contribution in [2.24, 2.45) is 5.11 Å². The number of piperidine rings is 1. The van der Waals surface area contributed by atoms with Gasteiger partial charge in [0.25, 0.3) is 11.9 Å². The maximum Gasteiger partial charge on any atom is 0.291 e. The van der Waals surface area contributed by atoms with Gasteiger partial charge >= 0.3 is 0 Å². The third-order valence-corrected chi connectivity index (χ3v) is 7.22. The van der Waals surface area contributed by atoms with Gasteiger partial charge in [0, 0.05) is 37.1 Å². The van der Waals surface area contributed by atoms with E-state index in [4.69, 9.17) is 5.11 Å². The SMILES string of the molecule is CC.CCC.CCCC1=C2[C](CCN(C(=O)C3=CC4=CC=CC4=C[CH]3)C2CC)[N+](c2ccc(C(C)C)cc2)=N1. The van der Waals surface area contributed by atoms with Gasteiger partial charge in [-0.1, -0.05) is 109 Å². The molecule has 2 aliphatic carbocycles. The van der Waals surface area contributed by atoms with Crippen LogP contribution in [0.1, 0.15) is 99.0 Å². The standard InChI is InChI=1S/C30H34N3O.C3H8.C2H6/c1-5-8-26-29-27(6-2)32(30(34)24-12-11-22-9-7-10-23(22)19-24)18-17-28(29)33(31-26)25-15-13-21(14-16-25)20(3)4;1-3-2;1-2/h7,9-16,19-20,27H,5-6,8,17-18H2,1-4H3;3H2,1-2H3;1-2H3/q+1;;. The molecule has 0 spiro atoms. The molecule has 39 heavy (non-hydrogen) atoms. The molecule has 1 unspecified atom stereocenters. The van der Waals surface area contributed by atoms with Crippen molar-refractivity contribution in [3.8, 4) is 0 Å². The fraction of sp³-hybridized carbons (Fsp3) is 0.457. The summed E-state index contributed by atoms with van der Waals surface area (Å²) in [6.45, 7) is 17.8. The van der Waals surface area contributed by atoms with Gasteiger partial charge in [0.15, 0.2) is 0 Å². The predicted molar refractivity (Wildman–Crippen MR) is 163 cm³/mol. The summed E-state index contributed by atoms with van der Waals surface area (Å²) in [5.74, 6) is 0.630. The molecule has 2 heterocycles. The van der Waals surface area contributed by atoms with Gasteiger partial charge in [-0.3, -0.25) is 4.79 Å². The van der Waals surface area contributed by atoms with Crippen molar-refractivity contribution in [3.63, 3.8) is 0 Å². The molecule has 5 rings (SSSR count). The first-order valence-corrected chi connectivity index (χ1v) is 15.1. The van der Waals surface area contributed by atoms with Crippen molar-refractivity contribution in [1.82, 2.24) is 4.90 Å². The topological polar surface area (TPSA) is 35.7 Å². The van der Waals surface area contributed by atoms with Crippen LogP contribution in [-0.4, -0.2) is 28.1 Å². The molecule has 4 heteroatoms. The predicted octanol–water partition coefficient (Wildman–Crippen LogP) is 9.53. The fourth-order valence-corrected chi connectivity index (χ4v) is 5.41. The second-order valence-electron chi connectivity index (χ2n) is 10.5. The number of carbonyl (C=O) groups is 1. The van der Waals surface area contributed by atoms with E-state index >= 15 is 0 Å².